The van der Waals surface area contributed by atoms with Crippen LogP contribution in [0, 0.1) is 13.8 Å². The highest BCUT2D eigenvalue weighted by Gasteiger charge is 2.25. The molecule has 23 heavy (non-hydrogen) atoms. The zero-order valence-corrected chi connectivity index (χ0v) is 15.4. The monoisotopic (exact) mass is 322 g/mol. The van der Waals surface area contributed by atoms with Gasteiger partial charge in [-0.3, -0.25) is 0 Å². The van der Waals surface area contributed by atoms with E-state index in [9.17, 15) is 0 Å². The first-order chi connectivity index (χ1) is 10.8. The van der Waals surface area contributed by atoms with E-state index in [1.807, 2.05) is 6.92 Å². The van der Waals surface area contributed by atoms with Crippen molar-refractivity contribution in [3.05, 3.63) is 95.4 Å². The summed E-state index contributed by atoms with van der Waals surface area (Å²) in [5.41, 5.74) is 3.60. The van der Waals surface area contributed by atoms with Crippen LogP contribution in [0.15, 0.2) is 94.1 Å². The van der Waals surface area contributed by atoms with Crippen molar-refractivity contribution in [2.75, 3.05) is 6.26 Å². The molecule has 0 aliphatic carbocycles. The molecule has 2 rings (SSSR count). The number of hydrogen-bond acceptors (Lipinski definition) is 0. The van der Waals surface area contributed by atoms with Crippen LogP contribution in [-0.2, 0) is 0 Å². The molecule has 0 saturated heterocycles. The molecule has 0 aliphatic heterocycles. The summed E-state index contributed by atoms with van der Waals surface area (Å²) in [6.07, 6.45) is 6.50. The van der Waals surface area contributed by atoms with Crippen molar-refractivity contribution in [3.8, 4) is 0 Å². The molecule has 120 valence electrons. The minimum absolute atomic E-state index is 1.04. The Morgan fingerprint density at radius 2 is 1.17 bits per heavy atom. The summed E-state index contributed by atoms with van der Waals surface area (Å²) in [6.45, 7) is 14.6. The molecule has 0 nitrogen and oxygen atoms in total. The lowest BCUT2D eigenvalue weighted by Crippen LogP contribution is -2.02. The van der Waals surface area contributed by atoms with Crippen molar-refractivity contribution in [1.29, 1.82) is 0 Å². The van der Waals surface area contributed by atoms with Gasteiger partial charge in [-0.2, -0.15) is 10.0 Å². The fourth-order valence-electron chi connectivity index (χ4n) is 2.43. The number of rotatable bonds is 5. The van der Waals surface area contributed by atoms with Crippen LogP contribution in [0.1, 0.15) is 18.1 Å². The third-order valence-electron chi connectivity index (χ3n) is 4.06. The van der Waals surface area contributed by atoms with Gasteiger partial charge in [0.05, 0.1) is 0 Å². The SMILES string of the molecule is C=C(C)/C=C\C(=C)S(C)(c1ccc(C)cc1)c1ccc(C)cc1. The van der Waals surface area contributed by atoms with Gasteiger partial charge in [0, 0.05) is 0 Å². The fourth-order valence-corrected chi connectivity index (χ4v) is 5.01. The van der Waals surface area contributed by atoms with Crippen LogP contribution in [0.2, 0.25) is 0 Å². The summed E-state index contributed by atoms with van der Waals surface area (Å²) >= 11 is 0. The number of benzene rings is 2. The van der Waals surface area contributed by atoms with Crippen LogP contribution in [-0.4, -0.2) is 6.26 Å². The minimum atomic E-state index is -1.33. The van der Waals surface area contributed by atoms with Crippen molar-refractivity contribution < 1.29 is 0 Å². The highest BCUT2D eigenvalue weighted by atomic mass is 32.3. The van der Waals surface area contributed by atoms with E-state index >= 15 is 0 Å². The quantitative estimate of drug-likeness (QED) is 0.531. The molecule has 0 heterocycles. The van der Waals surface area contributed by atoms with Crippen LogP contribution in [0.5, 0.6) is 0 Å². The first-order valence-electron chi connectivity index (χ1n) is 7.78. The Kier molecular flexibility index (Phi) is 5.33. The Hall–Kier alpha value is -1.99. The van der Waals surface area contributed by atoms with Gasteiger partial charge in [-0.15, -0.1) is 0 Å². The standard InChI is InChI=1S/C22H26S/c1-17(2)7-12-20(5)23(6,21-13-8-18(3)9-14-21)22-15-10-19(4)11-16-22/h7-16H,1,5H2,2-4,6H3/b12-7-. The molecule has 0 aromatic heterocycles. The molecular weight excluding hydrogens is 296 g/mol. The molecule has 1 heteroatoms. The van der Waals surface area contributed by atoms with E-state index in [1.165, 1.54) is 20.9 Å². The van der Waals surface area contributed by atoms with E-state index < -0.39 is 10.0 Å². The molecule has 0 radical (unpaired) electrons. The van der Waals surface area contributed by atoms with E-state index in [1.54, 1.807) is 0 Å². The van der Waals surface area contributed by atoms with Gasteiger partial charge >= 0.3 is 0 Å². The Balaban J connectivity index is 2.58. The Labute approximate surface area is 142 Å². The average molecular weight is 323 g/mol. The fraction of sp³-hybridized carbons (Fsp3) is 0.182. The van der Waals surface area contributed by atoms with E-state index in [4.69, 9.17) is 0 Å². The summed E-state index contributed by atoms with van der Waals surface area (Å²) < 4.78 is 0. The Bertz CT molecular complexity index is 685. The molecule has 0 saturated carbocycles. The molecule has 0 fully saturated rings. The maximum atomic E-state index is 4.41. The van der Waals surface area contributed by atoms with Crippen molar-refractivity contribution in [3.63, 3.8) is 0 Å². The predicted molar refractivity (Wildman–Crippen MR) is 105 cm³/mol. The number of allylic oxidation sites excluding steroid dienone is 3. The van der Waals surface area contributed by atoms with Gasteiger partial charge in [0.15, 0.2) is 0 Å². The zero-order valence-electron chi connectivity index (χ0n) is 14.6. The number of hydrogen-bond donors (Lipinski definition) is 0. The molecule has 2 aromatic carbocycles. The largest absolute Gasteiger partial charge is 0.164 e. The lowest BCUT2D eigenvalue weighted by molar-refractivity contribution is 1.31. The van der Waals surface area contributed by atoms with E-state index in [-0.39, 0.29) is 0 Å². The van der Waals surface area contributed by atoms with Gasteiger partial charge in [-0.25, -0.2) is 0 Å². The highest BCUT2D eigenvalue weighted by molar-refractivity contribution is 8.36. The second-order valence-corrected chi connectivity index (χ2v) is 9.49. The van der Waals surface area contributed by atoms with Crippen LogP contribution in [0.4, 0.5) is 0 Å². The molecule has 0 unspecified atom stereocenters. The van der Waals surface area contributed by atoms with Gasteiger partial charge in [-0.05, 0) is 72.1 Å². The van der Waals surface area contributed by atoms with Crippen molar-refractivity contribution in [1.82, 2.24) is 0 Å². The van der Waals surface area contributed by atoms with Gasteiger partial charge in [0.2, 0.25) is 0 Å². The summed E-state index contributed by atoms with van der Waals surface area (Å²) in [6, 6.07) is 17.7. The predicted octanol–water partition coefficient (Wildman–Crippen LogP) is 6.80. The van der Waals surface area contributed by atoms with Gasteiger partial charge in [0.1, 0.15) is 0 Å². The summed E-state index contributed by atoms with van der Waals surface area (Å²) in [7, 11) is -1.33. The smallest absolute Gasteiger partial charge is 0.00212 e. The van der Waals surface area contributed by atoms with E-state index in [0.717, 1.165) is 10.5 Å². The first-order valence-corrected chi connectivity index (χ1v) is 9.82. The average Bonchev–Trinajstić information content (AvgIpc) is 2.53. The summed E-state index contributed by atoms with van der Waals surface area (Å²) in [5, 5.41) is 0. The Morgan fingerprint density at radius 3 is 1.52 bits per heavy atom. The highest BCUT2D eigenvalue weighted by Crippen LogP contribution is 2.65. The Morgan fingerprint density at radius 1 is 0.783 bits per heavy atom. The van der Waals surface area contributed by atoms with Crippen LogP contribution in [0.25, 0.3) is 0 Å². The van der Waals surface area contributed by atoms with Crippen molar-refractivity contribution in [2.45, 2.75) is 30.6 Å². The second-order valence-electron chi connectivity index (χ2n) is 6.19. The van der Waals surface area contributed by atoms with Crippen LogP contribution < -0.4 is 0 Å². The summed E-state index contributed by atoms with van der Waals surface area (Å²) in [5.74, 6) is 0. The molecule has 0 amide bonds. The third kappa shape index (κ3) is 3.86. The van der Waals surface area contributed by atoms with E-state index in [2.05, 4.69) is 93.9 Å². The molecule has 0 N–H and O–H groups in total. The maximum Gasteiger partial charge on any atom is -0.00212 e. The van der Waals surface area contributed by atoms with Crippen molar-refractivity contribution >= 4 is 10.0 Å². The van der Waals surface area contributed by atoms with Crippen LogP contribution >= 0.6 is 10.0 Å². The summed E-state index contributed by atoms with van der Waals surface area (Å²) in [4.78, 5) is 3.82. The molecule has 0 aliphatic rings. The lowest BCUT2D eigenvalue weighted by Gasteiger charge is -2.38. The van der Waals surface area contributed by atoms with Crippen molar-refractivity contribution in [2.24, 2.45) is 0 Å². The zero-order chi connectivity index (χ0) is 17.0. The molecule has 0 atom stereocenters. The molecule has 2 aromatic rings. The molecule has 0 bridgehead atoms. The minimum Gasteiger partial charge on any atom is -0.164 e. The first kappa shape index (κ1) is 17.4. The second kappa shape index (κ2) is 7.06. The lowest BCUT2D eigenvalue weighted by atomic mass is 10.2. The third-order valence-corrected chi connectivity index (χ3v) is 7.68. The van der Waals surface area contributed by atoms with Gasteiger partial charge in [0.25, 0.3) is 0 Å². The van der Waals surface area contributed by atoms with E-state index in [0.29, 0.717) is 0 Å². The van der Waals surface area contributed by atoms with Gasteiger partial charge in [-0.1, -0.05) is 60.2 Å². The molecular formula is C22H26S. The maximum absolute atomic E-state index is 4.41. The van der Waals surface area contributed by atoms with Gasteiger partial charge < -0.3 is 0 Å². The molecule has 0 spiro atoms. The normalized spacial score (nSPS) is 12.3. The number of aryl methyl sites for hydroxylation is 2. The topological polar surface area (TPSA) is 0 Å². The van der Waals surface area contributed by atoms with Crippen LogP contribution in [0.3, 0.4) is 0 Å².